The Bertz CT molecular complexity index is 6190. The highest BCUT2D eigenvalue weighted by molar-refractivity contribution is 6.88. The van der Waals surface area contributed by atoms with Crippen molar-refractivity contribution in [3.8, 4) is 50.6 Å². The maximum atomic E-state index is 15.1. The molecule has 6 aromatic heterocycles. The summed E-state index contributed by atoms with van der Waals surface area (Å²) in [6, 6.07) is 61.6. The predicted octanol–water partition coefficient (Wildman–Crippen LogP) is 6.53. The van der Waals surface area contributed by atoms with Crippen molar-refractivity contribution < 1.29 is 96.4 Å². The van der Waals surface area contributed by atoms with Gasteiger partial charge in [-0.25, -0.2) is 55.6 Å². The second kappa shape index (κ2) is 52.3. The average molecular weight is 2010 g/mol. The molecule has 3 aliphatic rings. The van der Waals surface area contributed by atoms with E-state index in [1.165, 1.54) is 60.7 Å². The first kappa shape index (κ1) is 108. The Hall–Kier alpha value is -14.3. The van der Waals surface area contributed by atoms with Gasteiger partial charge in [-0.2, -0.15) is 0 Å². The Kier molecular flexibility index (Phi) is 39.8. The Labute approximate surface area is 838 Å². The van der Waals surface area contributed by atoms with Gasteiger partial charge < -0.3 is 73.7 Å². The van der Waals surface area contributed by atoms with Gasteiger partial charge in [0.15, 0.2) is 0 Å². The molecule has 34 nitrogen and oxygen atoms in total. The summed E-state index contributed by atoms with van der Waals surface area (Å²) in [6.07, 6.45) is 15.1. The van der Waals surface area contributed by atoms with Crippen LogP contribution in [0, 0.1) is 17.5 Å². The number of nitrogens with two attached hydrogens (primary N) is 2. The number of cyclic esters (lactones) is 3. The lowest BCUT2D eigenvalue weighted by molar-refractivity contribution is -0.667. The van der Waals surface area contributed by atoms with Gasteiger partial charge in [-0.3, -0.25) is 14.7 Å². The van der Waals surface area contributed by atoms with Crippen molar-refractivity contribution in [2.24, 2.45) is 0 Å². The Morgan fingerprint density at radius 3 is 0.944 bits per heavy atom. The minimum atomic E-state index is -1.57. The van der Waals surface area contributed by atoms with Crippen LogP contribution in [0.15, 0.2) is 262 Å². The van der Waals surface area contributed by atoms with E-state index in [0.717, 1.165) is 102 Å². The molecule has 9 heterocycles. The Morgan fingerprint density at radius 2 is 0.690 bits per heavy atom. The van der Waals surface area contributed by atoms with Crippen LogP contribution >= 0.6 is 0 Å². The molecule has 5 N–H and O–H groups in total. The number of rotatable bonds is 33. The van der Waals surface area contributed by atoms with Gasteiger partial charge in [-0.05, 0) is 157 Å². The molecule has 15 aromatic rings. The molecule has 0 aliphatic carbocycles. The normalized spacial score (nSPS) is 14.2. The second-order valence-corrected chi connectivity index (χ2v) is 45.6. The standard InChI is InChI=1S/C25H33BFN5O3Si.C24H30FN5O2Si.C21H22FN5O2.3C10H11N3O.2ClH/c1-6-30(26(2)34)14-18-7-9-19(10-8-18)22-12-11-20(13-23(22)27)32-16-21(35-25(32)33)15-31-17-24(28-29-31)36(3,4)5;1-5-26-13-17-6-8-18(9-7-17)21-11-10-19(12-22(21)25)30-15-20(32-24(30)31)14-29-16-23(27-28-29)33(2,3)4;1-2-23-12-15-3-5-16(6-4-15)19-8-7-17(11-20(19)22)27-14-18(29-21(27)28)13-26-10-9-24-25-26;3*1-14-10-4-2-9(3-5-10)8-13-7-6-11-12-13;;/h7-13,17,21,34H,6,14-16H2,1-5H3;6-12,16,20,26H,5,13-15H2,1-4H3;3-11,18,23H,2,12-14H2,1H3;3*2-7H,8H2,1H3;2*1H/t21-;20-;18-;;;;;/m000...../s1. The number of benzene rings is 9. The van der Waals surface area contributed by atoms with Crippen molar-refractivity contribution in [3.05, 3.63) is 313 Å². The minimum absolute atomic E-state index is 0. The number of amides is 3. The van der Waals surface area contributed by atoms with Crippen LogP contribution in [0.5, 0.6) is 17.2 Å². The number of halogens is 5. The number of hydrogen-bond donors (Lipinski definition) is 3. The van der Waals surface area contributed by atoms with Gasteiger partial charge >= 0.3 is 25.3 Å². The molecule has 3 amide bonds. The van der Waals surface area contributed by atoms with Crippen molar-refractivity contribution in [1.82, 2.24) is 94.8 Å². The van der Waals surface area contributed by atoms with Crippen molar-refractivity contribution in [3.63, 3.8) is 0 Å². The highest BCUT2D eigenvalue weighted by Gasteiger charge is 2.37. The summed E-state index contributed by atoms with van der Waals surface area (Å²) < 4.78 is 86.9. The fourth-order valence-electron chi connectivity index (χ4n) is 15.1. The van der Waals surface area contributed by atoms with Crippen molar-refractivity contribution in [1.29, 1.82) is 0 Å². The molecule has 3 aliphatic heterocycles. The lowest BCUT2D eigenvalue weighted by Crippen LogP contribution is -3.00. The van der Waals surface area contributed by atoms with Gasteiger partial charge in [0.2, 0.25) is 0 Å². The molecule has 3 fully saturated rings. The molecule has 0 unspecified atom stereocenters. The molecule has 0 radical (unpaired) electrons. The zero-order valence-electron chi connectivity index (χ0n) is 81.7. The first-order valence-electron chi connectivity index (χ1n) is 46.3. The molecule has 3 atom stereocenters. The van der Waals surface area contributed by atoms with Crippen LogP contribution in [-0.2, 0) is 73.1 Å². The smallest absolute Gasteiger partial charge is 0.414 e. The van der Waals surface area contributed by atoms with E-state index < -0.39 is 53.4 Å². The molecule has 0 spiro atoms. The van der Waals surface area contributed by atoms with Crippen LogP contribution in [-0.4, -0.2) is 220 Å². The van der Waals surface area contributed by atoms with Gasteiger partial charge in [0.1, 0.15) is 82.2 Å². The number of carbonyl (C=O) groups excluding carboxylic acids is 3. The van der Waals surface area contributed by atoms with Crippen molar-refractivity contribution in [2.75, 3.05) is 75.3 Å². The van der Waals surface area contributed by atoms with E-state index in [0.29, 0.717) is 79.6 Å². The topological polar surface area (TPSA) is 357 Å². The van der Waals surface area contributed by atoms with Crippen molar-refractivity contribution in [2.45, 2.75) is 144 Å². The summed E-state index contributed by atoms with van der Waals surface area (Å²) in [7, 11) is 1.32. The van der Waals surface area contributed by atoms with Crippen LogP contribution < -0.4 is 75.0 Å². The fourth-order valence-corrected chi connectivity index (χ4v) is 16.9. The zero-order valence-corrected chi connectivity index (χ0v) is 85.3. The lowest BCUT2D eigenvalue weighted by atomic mass is 9.84. The minimum Gasteiger partial charge on any atom is -1.00 e. The van der Waals surface area contributed by atoms with E-state index >= 15 is 4.39 Å². The van der Waals surface area contributed by atoms with E-state index in [4.69, 9.17) is 28.4 Å². The zero-order chi connectivity index (χ0) is 99.2. The third kappa shape index (κ3) is 31.1. The Morgan fingerprint density at radius 1 is 0.401 bits per heavy atom. The van der Waals surface area contributed by atoms with Crippen LogP contribution in [0.1, 0.15) is 54.2 Å². The molecule has 746 valence electrons. The molecular formula is C100H120BCl2F3N24O10Si2. The molecule has 9 aromatic carbocycles. The second-order valence-electron chi connectivity index (χ2n) is 35.6. The summed E-state index contributed by atoms with van der Waals surface area (Å²) in [5.41, 5.74) is 12.2. The first-order valence-corrected chi connectivity index (χ1v) is 53.3. The van der Waals surface area contributed by atoms with Crippen LogP contribution in [0.2, 0.25) is 46.1 Å². The molecule has 18 rings (SSSR count). The number of aromatic nitrogens is 18. The maximum Gasteiger partial charge on any atom is 0.414 e. The van der Waals surface area contributed by atoms with E-state index in [1.807, 2.05) is 188 Å². The number of nitrogens with zero attached hydrogens (tertiary/aromatic N) is 22. The number of methoxy groups -OCH3 is 3. The number of ether oxygens (including phenoxy) is 6. The van der Waals surface area contributed by atoms with Gasteiger partial charge in [-0.15, -0.1) is 30.6 Å². The van der Waals surface area contributed by atoms with E-state index in [9.17, 15) is 28.2 Å². The van der Waals surface area contributed by atoms with E-state index in [1.54, 1.807) is 124 Å². The lowest BCUT2D eigenvalue weighted by Gasteiger charge is -2.21. The van der Waals surface area contributed by atoms with Crippen LogP contribution in [0.4, 0.5) is 44.6 Å². The summed E-state index contributed by atoms with van der Waals surface area (Å²) in [4.78, 5) is 43.5. The highest BCUT2D eigenvalue weighted by Crippen LogP contribution is 2.34. The Balaban J connectivity index is 0.000000169. The average Bonchev–Trinajstić information content (AvgIpc) is 1.62. The first-order chi connectivity index (χ1) is 67.6. The van der Waals surface area contributed by atoms with Crippen LogP contribution in [0.3, 0.4) is 0 Å². The summed E-state index contributed by atoms with van der Waals surface area (Å²) in [6.45, 7) is 30.8. The third-order valence-corrected chi connectivity index (χ3v) is 26.6. The highest BCUT2D eigenvalue weighted by atomic mass is 35.5. The predicted molar refractivity (Wildman–Crippen MR) is 533 cm³/mol. The van der Waals surface area contributed by atoms with E-state index in [-0.39, 0.29) is 48.7 Å². The number of anilines is 3. The number of carbonyl (C=O) groups is 3. The number of quaternary nitrogens is 2. The molecule has 3 saturated heterocycles. The third-order valence-electron chi connectivity index (χ3n) is 23.1. The molecule has 0 bridgehead atoms. The van der Waals surface area contributed by atoms with Crippen LogP contribution in [0.25, 0.3) is 33.4 Å². The molecular weight excluding hydrogens is 1890 g/mol. The van der Waals surface area contributed by atoms with Gasteiger partial charge in [0.05, 0.1) is 146 Å². The largest absolute Gasteiger partial charge is 1.00 e. The quantitative estimate of drug-likeness (QED) is 0.0290. The van der Waals surface area contributed by atoms with Crippen molar-refractivity contribution >= 4 is 69.2 Å². The van der Waals surface area contributed by atoms with Gasteiger partial charge in [0.25, 0.3) is 0 Å². The molecule has 42 heteroatoms. The molecule has 142 heavy (non-hydrogen) atoms. The van der Waals surface area contributed by atoms with E-state index in [2.05, 4.69) is 126 Å². The summed E-state index contributed by atoms with van der Waals surface area (Å²) >= 11 is 0. The maximum absolute atomic E-state index is 15.1. The summed E-state index contributed by atoms with van der Waals surface area (Å²) in [5, 5.41) is 63.7. The summed E-state index contributed by atoms with van der Waals surface area (Å²) in [5.74, 6) is 1.45. The van der Waals surface area contributed by atoms with Gasteiger partial charge in [0, 0.05) is 71.5 Å². The fraction of sp³-hybridized carbons (Fsp3) is 0.310. The molecule has 0 saturated carbocycles. The number of hydrogen-bond acceptors (Lipinski definition) is 23. The van der Waals surface area contributed by atoms with Gasteiger partial charge in [-0.1, -0.05) is 187 Å². The SMILES string of the molecule is CCN(Cc1ccc(-c2ccc(N3C[C@H](Cn4cc([Si](C)(C)C)nn4)OC3=O)cc2F)cc1)B(C)O.CC[NH2+]Cc1ccc(-c2ccc(N3C[C@H](Cn4cc([Si](C)(C)C)nn4)OC3=O)cc2F)cc1.CC[NH2+]Cc1ccc(-c2ccc(N3C[C@H](Cn4ccnn4)OC3=O)cc2F)cc1.COc1ccc(Cn2ccnn2)cc1.COc1ccc(Cn2ccnn2)cc1.COc1ccc(Cn2ccnn2)cc1.[Cl-].[Cl-]. The monoisotopic (exact) mass is 2010 g/mol.